The molecule has 152 valence electrons. The molecule has 0 N–H and O–H groups in total. The summed E-state index contributed by atoms with van der Waals surface area (Å²) in [5, 5.41) is 0. The molecule has 3 rings (SSSR count). The Morgan fingerprint density at radius 2 is 1.89 bits per heavy atom. The molecule has 1 atom stereocenters. The third-order valence-electron chi connectivity index (χ3n) is 4.24. The van der Waals surface area contributed by atoms with Gasteiger partial charge in [0.1, 0.15) is 6.10 Å². The highest BCUT2D eigenvalue weighted by atomic mass is 32.2. The van der Waals surface area contributed by atoms with Crippen LogP contribution >= 0.6 is 0 Å². The highest BCUT2D eigenvalue weighted by molar-refractivity contribution is 7.89. The zero-order valence-corrected chi connectivity index (χ0v) is 15.7. The lowest BCUT2D eigenvalue weighted by atomic mass is 10.1. The minimum atomic E-state index is -4.62. The van der Waals surface area contributed by atoms with Gasteiger partial charge in [-0.25, -0.2) is 18.4 Å². The van der Waals surface area contributed by atoms with Crippen molar-refractivity contribution in [3.8, 4) is 11.8 Å². The van der Waals surface area contributed by atoms with Crippen LogP contribution in [0, 0.1) is 0 Å². The van der Waals surface area contributed by atoms with Gasteiger partial charge in [0.25, 0.3) is 11.8 Å². The van der Waals surface area contributed by atoms with Crippen molar-refractivity contribution in [1.82, 2.24) is 14.3 Å². The normalized spacial score (nSPS) is 18.6. The summed E-state index contributed by atoms with van der Waals surface area (Å²) in [7, 11) is -2.69. The molecule has 0 amide bonds. The van der Waals surface area contributed by atoms with Crippen LogP contribution in [0.1, 0.15) is 18.4 Å². The van der Waals surface area contributed by atoms with E-state index in [9.17, 15) is 21.6 Å². The van der Waals surface area contributed by atoms with Crippen molar-refractivity contribution in [2.75, 3.05) is 20.2 Å². The zero-order chi connectivity index (χ0) is 20.4. The molecule has 28 heavy (non-hydrogen) atoms. The van der Waals surface area contributed by atoms with Gasteiger partial charge in [0, 0.05) is 18.9 Å². The molecule has 1 unspecified atom stereocenters. The molecule has 0 saturated carbocycles. The maximum atomic E-state index is 12.9. The van der Waals surface area contributed by atoms with Gasteiger partial charge in [0.05, 0.1) is 24.1 Å². The fraction of sp³-hybridized carbons (Fsp3) is 0.412. The number of aromatic nitrogens is 2. The summed E-state index contributed by atoms with van der Waals surface area (Å²) in [4.78, 5) is 7.58. The quantitative estimate of drug-likeness (QED) is 0.744. The first kappa shape index (κ1) is 20.3. The molecule has 0 radical (unpaired) electrons. The summed E-state index contributed by atoms with van der Waals surface area (Å²) in [5.74, 6) is 0.300. The van der Waals surface area contributed by atoms with E-state index in [-0.39, 0.29) is 24.8 Å². The maximum Gasteiger partial charge on any atom is 0.416 e. The molecule has 0 spiro atoms. The van der Waals surface area contributed by atoms with E-state index in [1.807, 2.05) is 0 Å². The van der Waals surface area contributed by atoms with Crippen LogP contribution in [0.2, 0.25) is 0 Å². The van der Waals surface area contributed by atoms with Gasteiger partial charge in [-0.15, -0.1) is 0 Å². The van der Waals surface area contributed by atoms with Gasteiger partial charge in [-0.05, 0) is 31.0 Å². The SMILES string of the molecule is COc1nccnc1OC1CCCN(S(=O)(=O)c2cccc(C(F)(F)F)c2)C1. The van der Waals surface area contributed by atoms with E-state index in [0.717, 1.165) is 22.5 Å². The lowest BCUT2D eigenvalue weighted by Crippen LogP contribution is -2.44. The van der Waals surface area contributed by atoms with Crippen LogP contribution in [0.4, 0.5) is 13.2 Å². The van der Waals surface area contributed by atoms with Gasteiger partial charge in [-0.1, -0.05) is 6.07 Å². The van der Waals surface area contributed by atoms with Gasteiger partial charge in [-0.2, -0.15) is 17.5 Å². The zero-order valence-electron chi connectivity index (χ0n) is 14.9. The molecule has 1 aliphatic heterocycles. The first-order valence-electron chi connectivity index (χ1n) is 8.41. The molecular formula is C17H18F3N3O4S. The fourth-order valence-electron chi connectivity index (χ4n) is 2.89. The lowest BCUT2D eigenvalue weighted by molar-refractivity contribution is -0.137. The maximum absolute atomic E-state index is 12.9. The number of halogens is 3. The lowest BCUT2D eigenvalue weighted by Gasteiger charge is -2.32. The second kappa shape index (κ2) is 7.92. The summed E-state index contributed by atoms with van der Waals surface area (Å²) < 4.78 is 76.4. The Hall–Kier alpha value is -2.40. The van der Waals surface area contributed by atoms with Crippen molar-refractivity contribution < 1.29 is 31.1 Å². The number of hydrogen-bond donors (Lipinski definition) is 0. The molecule has 2 heterocycles. The summed E-state index contributed by atoms with van der Waals surface area (Å²) in [6.07, 6.45) is -1.25. The Morgan fingerprint density at radius 3 is 2.57 bits per heavy atom. The van der Waals surface area contributed by atoms with Crippen LogP contribution < -0.4 is 9.47 Å². The number of piperidine rings is 1. The molecule has 1 aromatic heterocycles. The number of ether oxygens (including phenoxy) is 2. The van der Waals surface area contributed by atoms with E-state index >= 15 is 0 Å². The number of hydrogen-bond acceptors (Lipinski definition) is 6. The number of alkyl halides is 3. The molecule has 2 aromatic rings. The number of sulfonamides is 1. The fourth-order valence-corrected chi connectivity index (χ4v) is 4.45. The van der Waals surface area contributed by atoms with Crippen LogP contribution in [0.5, 0.6) is 11.8 Å². The summed E-state index contributed by atoms with van der Waals surface area (Å²) in [6, 6.07) is 3.71. The van der Waals surface area contributed by atoms with Gasteiger partial charge < -0.3 is 9.47 Å². The van der Waals surface area contributed by atoms with Gasteiger partial charge >= 0.3 is 6.18 Å². The molecule has 0 aliphatic carbocycles. The van der Waals surface area contributed by atoms with Crippen molar-refractivity contribution in [2.24, 2.45) is 0 Å². The molecular weight excluding hydrogens is 399 g/mol. The molecule has 7 nitrogen and oxygen atoms in total. The van der Waals surface area contributed by atoms with Crippen molar-refractivity contribution in [3.05, 3.63) is 42.2 Å². The Kier molecular flexibility index (Phi) is 5.75. The average molecular weight is 417 g/mol. The minimum absolute atomic E-state index is 0.0156. The smallest absolute Gasteiger partial charge is 0.416 e. The third-order valence-corrected chi connectivity index (χ3v) is 6.11. The van der Waals surface area contributed by atoms with E-state index in [1.54, 1.807) is 0 Å². The molecule has 1 saturated heterocycles. The van der Waals surface area contributed by atoms with Crippen molar-refractivity contribution in [3.63, 3.8) is 0 Å². The summed E-state index contributed by atoms with van der Waals surface area (Å²) in [5.41, 5.74) is -1.01. The standard InChI is InChI=1S/C17H18F3N3O4S/c1-26-15-16(22-8-7-21-15)27-13-5-3-9-23(11-13)28(24,25)14-6-2-4-12(10-14)17(18,19)20/h2,4,6-8,10,13H,3,5,9,11H2,1H3. The van der Waals surface area contributed by atoms with Crippen LogP contribution in [-0.4, -0.2) is 49.0 Å². The average Bonchev–Trinajstić information content (AvgIpc) is 2.68. The molecule has 0 bridgehead atoms. The largest absolute Gasteiger partial charge is 0.477 e. The van der Waals surface area contributed by atoms with E-state index < -0.39 is 32.8 Å². The minimum Gasteiger partial charge on any atom is -0.477 e. The number of nitrogens with zero attached hydrogens (tertiary/aromatic N) is 3. The van der Waals surface area contributed by atoms with Crippen LogP contribution in [-0.2, 0) is 16.2 Å². The van der Waals surface area contributed by atoms with Crippen molar-refractivity contribution >= 4 is 10.0 Å². The van der Waals surface area contributed by atoms with E-state index in [0.29, 0.717) is 18.9 Å². The van der Waals surface area contributed by atoms with Crippen molar-refractivity contribution in [2.45, 2.75) is 30.0 Å². The molecule has 1 fully saturated rings. The first-order valence-corrected chi connectivity index (χ1v) is 9.85. The monoisotopic (exact) mass is 417 g/mol. The topological polar surface area (TPSA) is 81.6 Å². The number of benzene rings is 1. The Morgan fingerprint density at radius 1 is 1.18 bits per heavy atom. The Balaban J connectivity index is 1.80. The van der Waals surface area contributed by atoms with Gasteiger partial charge in [0.2, 0.25) is 10.0 Å². The highest BCUT2D eigenvalue weighted by Crippen LogP contribution is 2.32. The summed E-state index contributed by atoms with van der Waals surface area (Å²) in [6.45, 7) is 0.175. The van der Waals surface area contributed by atoms with Gasteiger partial charge in [-0.3, -0.25) is 0 Å². The second-order valence-electron chi connectivity index (χ2n) is 6.14. The first-order chi connectivity index (χ1) is 13.2. The van der Waals surface area contributed by atoms with Gasteiger partial charge in [0.15, 0.2) is 0 Å². The summed E-state index contributed by atoms with van der Waals surface area (Å²) >= 11 is 0. The molecule has 1 aromatic carbocycles. The van der Waals surface area contributed by atoms with Crippen molar-refractivity contribution in [1.29, 1.82) is 0 Å². The molecule has 1 aliphatic rings. The van der Waals surface area contributed by atoms with E-state index in [2.05, 4.69) is 9.97 Å². The Labute approximate surface area is 160 Å². The van der Waals surface area contributed by atoms with Crippen LogP contribution in [0.25, 0.3) is 0 Å². The van der Waals surface area contributed by atoms with Crippen LogP contribution in [0.3, 0.4) is 0 Å². The number of rotatable bonds is 5. The highest BCUT2D eigenvalue weighted by Gasteiger charge is 2.35. The molecule has 11 heteroatoms. The second-order valence-corrected chi connectivity index (χ2v) is 8.08. The van der Waals surface area contributed by atoms with E-state index in [4.69, 9.17) is 9.47 Å². The van der Waals surface area contributed by atoms with E-state index in [1.165, 1.54) is 19.5 Å². The Bertz CT molecular complexity index is 937. The third kappa shape index (κ3) is 4.36. The predicted molar refractivity (Wildman–Crippen MR) is 92.4 cm³/mol. The number of methoxy groups -OCH3 is 1. The van der Waals surface area contributed by atoms with Crippen LogP contribution in [0.15, 0.2) is 41.6 Å². The predicted octanol–water partition coefficient (Wildman–Crippen LogP) is 2.74.